The highest BCUT2D eigenvalue weighted by atomic mass is 35.5. The molecular weight excluding hydrogens is 256 g/mol. The van der Waals surface area contributed by atoms with Gasteiger partial charge >= 0.3 is 0 Å². The summed E-state index contributed by atoms with van der Waals surface area (Å²) in [6.07, 6.45) is 3.46. The van der Waals surface area contributed by atoms with Gasteiger partial charge in [-0.25, -0.2) is 9.97 Å². The first kappa shape index (κ1) is 11.9. The standard InChI is InChI=1S/C16H11ClN2/c17-15-10-13(12-5-2-1-3-6-12)9-14(11-15)16-18-7-4-8-19-16/h1-11H. The van der Waals surface area contributed by atoms with Crippen LogP contribution in [0.25, 0.3) is 22.5 Å². The fourth-order valence-corrected chi connectivity index (χ4v) is 2.20. The largest absolute Gasteiger partial charge is 0.237 e. The Labute approximate surface area is 116 Å². The number of benzene rings is 2. The van der Waals surface area contributed by atoms with Gasteiger partial charge < -0.3 is 0 Å². The molecule has 2 nitrogen and oxygen atoms in total. The number of nitrogens with zero attached hydrogens (tertiary/aromatic N) is 2. The molecule has 0 aliphatic carbocycles. The van der Waals surface area contributed by atoms with Crippen molar-refractivity contribution in [2.45, 2.75) is 0 Å². The maximum absolute atomic E-state index is 6.19. The number of hydrogen-bond acceptors (Lipinski definition) is 2. The van der Waals surface area contributed by atoms with Gasteiger partial charge in [0.05, 0.1) is 0 Å². The Morgan fingerprint density at radius 1 is 0.684 bits per heavy atom. The van der Waals surface area contributed by atoms with E-state index in [2.05, 4.69) is 28.2 Å². The molecule has 0 saturated carbocycles. The predicted molar refractivity (Wildman–Crippen MR) is 77.9 cm³/mol. The first-order valence-corrected chi connectivity index (χ1v) is 6.34. The van der Waals surface area contributed by atoms with Gasteiger partial charge in [-0.3, -0.25) is 0 Å². The van der Waals surface area contributed by atoms with Gasteiger partial charge in [0.2, 0.25) is 0 Å². The zero-order chi connectivity index (χ0) is 13.1. The molecule has 3 heteroatoms. The van der Waals surface area contributed by atoms with Gasteiger partial charge in [0.25, 0.3) is 0 Å². The van der Waals surface area contributed by atoms with Crippen LogP contribution < -0.4 is 0 Å². The van der Waals surface area contributed by atoms with Gasteiger partial charge in [-0.05, 0) is 35.4 Å². The van der Waals surface area contributed by atoms with E-state index in [0.29, 0.717) is 10.8 Å². The molecule has 1 heterocycles. The van der Waals surface area contributed by atoms with Crippen LogP contribution in [0, 0.1) is 0 Å². The van der Waals surface area contributed by atoms with E-state index in [1.807, 2.05) is 30.3 Å². The second-order valence-electron chi connectivity index (χ2n) is 4.17. The highest BCUT2D eigenvalue weighted by Gasteiger charge is 2.05. The summed E-state index contributed by atoms with van der Waals surface area (Å²) in [6.45, 7) is 0. The smallest absolute Gasteiger partial charge is 0.159 e. The molecule has 0 fully saturated rings. The third kappa shape index (κ3) is 2.64. The molecule has 0 unspecified atom stereocenters. The van der Waals surface area contributed by atoms with Crippen molar-refractivity contribution in [1.82, 2.24) is 9.97 Å². The van der Waals surface area contributed by atoms with Crippen LogP contribution in [-0.2, 0) is 0 Å². The molecule has 2 aromatic carbocycles. The molecule has 0 bridgehead atoms. The summed E-state index contributed by atoms with van der Waals surface area (Å²) in [5, 5.41) is 0.684. The minimum Gasteiger partial charge on any atom is -0.237 e. The Hall–Kier alpha value is -2.19. The quantitative estimate of drug-likeness (QED) is 0.684. The minimum atomic E-state index is 0.683. The van der Waals surface area contributed by atoms with Gasteiger partial charge in [-0.15, -0.1) is 0 Å². The van der Waals surface area contributed by atoms with Crippen LogP contribution in [0.15, 0.2) is 67.0 Å². The fourth-order valence-electron chi connectivity index (χ4n) is 1.96. The van der Waals surface area contributed by atoms with Gasteiger partial charge in [0.1, 0.15) is 0 Å². The molecule has 0 saturated heterocycles. The summed E-state index contributed by atoms with van der Waals surface area (Å²) in [7, 11) is 0. The van der Waals surface area contributed by atoms with Crippen molar-refractivity contribution in [1.29, 1.82) is 0 Å². The van der Waals surface area contributed by atoms with Crippen LogP contribution in [0.5, 0.6) is 0 Å². The number of rotatable bonds is 2. The summed E-state index contributed by atoms with van der Waals surface area (Å²) in [4.78, 5) is 8.51. The summed E-state index contributed by atoms with van der Waals surface area (Å²) >= 11 is 6.19. The van der Waals surface area contributed by atoms with Crippen molar-refractivity contribution in [3.05, 3.63) is 72.0 Å². The van der Waals surface area contributed by atoms with Gasteiger partial charge in [-0.2, -0.15) is 0 Å². The summed E-state index contributed by atoms with van der Waals surface area (Å²) in [6, 6.07) is 17.8. The number of hydrogen-bond donors (Lipinski definition) is 0. The Balaban J connectivity index is 2.12. The molecule has 0 spiro atoms. The average molecular weight is 267 g/mol. The Bertz CT molecular complexity index is 624. The van der Waals surface area contributed by atoms with E-state index in [0.717, 1.165) is 16.7 Å². The van der Waals surface area contributed by atoms with Crippen molar-refractivity contribution in [2.75, 3.05) is 0 Å². The molecule has 0 amide bonds. The van der Waals surface area contributed by atoms with Crippen molar-refractivity contribution < 1.29 is 0 Å². The van der Waals surface area contributed by atoms with E-state index in [9.17, 15) is 0 Å². The summed E-state index contributed by atoms with van der Waals surface area (Å²) in [5.41, 5.74) is 3.12. The summed E-state index contributed by atoms with van der Waals surface area (Å²) in [5.74, 6) is 0.683. The van der Waals surface area contributed by atoms with Gasteiger partial charge in [-0.1, -0.05) is 41.9 Å². The van der Waals surface area contributed by atoms with Crippen LogP contribution in [-0.4, -0.2) is 9.97 Å². The lowest BCUT2D eigenvalue weighted by Gasteiger charge is -2.06. The van der Waals surface area contributed by atoms with Crippen molar-refractivity contribution >= 4 is 11.6 Å². The van der Waals surface area contributed by atoms with Crippen LogP contribution in [0.2, 0.25) is 5.02 Å². The van der Waals surface area contributed by atoms with E-state index in [1.165, 1.54) is 0 Å². The molecule has 3 aromatic rings. The lowest BCUT2D eigenvalue weighted by molar-refractivity contribution is 1.18. The third-order valence-electron chi connectivity index (χ3n) is 2.83. The van der Waals surface area contributed by atoms with Gasteiger partial charge in [0.15, 0.2) is 5.82 Å². The molecule has 0 N–H and O–H groups in total. The van der Waals surface area contributed by atoms with E-state index in [1.54, 1.807) is 18.5 Å². The van der Waals surface area contributed by atoms with Crippen LogP contribution in [0.1, 0.15) is 0 Å². The second-order valence-corrected chi connectivity index (χ2v) is 4.60. The number of aromatic nitrogens is 2. The Morgan fingerprint density at radius 2 is 1.37 bits per heavy atom. The topological polar surface area (TPSA) is 25.8 Å². The Kier molecular flexibility index (Phi) is 3.25. The molecule has 19 heavy (non-hydrogen) atoms. The third-order valence-corrected chi connectivity index (χ3v) is 3.05. The second kappa shape index (κ2) is 5.21. The molecule has 0 atom stereocenters. The lowest BCUT2D eigenvalue weighted by atomic mass is 10.0. The molecule has 0 aliphatic rings. The maximum Gasteiger partial charge on any atom is 0.159 e. The van der Waals surface area contributed by atoms with Crippen molar-refractivity contribution in [2.24, 2.45) is 0 Å². The average Bonchev–Trinajstić information content (AvgIpc) is 2.48. The normalized spacial score (nSPS) is 10.4. The zero-order valence-corrected chi connectivity index (χ0v) is 10.9. The minimum absolute atomic E-state index is 0.683. The van der Waals surface area contributed by atoms with Crippen LogP contribution >= 0.6 is 11.6 Å². The Morgan fingerprint density at radius 3 is 2.11 bits per heavy atom. The SMILES string of the molecule is Clc1cc(-c2ccccc2)cc(-c2ncccn2)c1. The van der Waals surface area contributed by atoms with E-state index >= 15 is 0 Å². The van der Waals surface area contributed by atoms with E-state index < -0.39 is 0 Å². The molecule has 3 rings (SSSR count). The fraction of sp³-hybridized carbons (Fsp3) is 0. The van der Waals surface area contributed by atoms with Crippen molar-refractivity contribution in [3.8, 4) is 22.5 Å². The van der Waals surface area contributed by atoms with Crippen LogP contribution in [0.3, 0.4) is 0 Å². The first-order chi connectivity index (χ1) is 9.33. The van der Waals surface area contributed by atoms with Gasteiger partial charge in [0, 0.05) is 23.0 Å². The first-order valence-electron chi connectivity index (χ1n) is 5.96. The van der Waals surface area contributed by atoms with E-state index in [-0.39, 0.29) is 0 Å². The van der Waals surface area contributed by atoms with E-state index in [4.69, 9.17) is 11.6 Å². The summed E-state index contributed by atoms with van der Waals surface area (Å²) < 4.78 is 0. The highest BCUT2D eigenvalue weighted by molar-refractivity contribution is 6.31. The van der Waals surface area contributed by atoms with Crippen molar-refractivity contribution in [3.63, 3.8) is 0 Å². The molecule has 1 aromatic heterocycles. The molecular formula is C16H11ClN2. The monoisotopic (exact) mass is 266 g/mol. The number of halogens is 1. The highest BCUT2D eigenvalue weighted by Crippen LogP contribution is 2.28. The molecule has 0 radical (unpaired) electrons. The van der Waals surface area contributed by atoms with Crippen LogP contribution in [0.4, 0.5) is 0 Å². The maximum atomic E-state index is 6.19. The lowest BCUT2D eigenvalue weighted by Crippen LogP contribution is -1.88. The predicted octanol–water partition coefficient (Wildman–Crippen LogP) is 4.46. The molecule has 92 valence electrons. The zero-order valence-electron chi connectivity index (χ0n) is 10.1. The molecule has 0 aliphatic heterocycles.